The molecule has 0 saturated heterocycles. The summed E-state index contributed by atoms with van der Waals surface area (Å²) in [6.07, 6.45) is 8.37. The highest BCUT2D eigenvalue weighted by molar-refractivity contribution is 5.94. The summed E-state index contributed by atoms with van der Waals surface area (Å²) in [5.74, 6) is 2.88. The average Bonchev–Trinajstić information content (AvgIpc) is 2.52. The van der Waals surface area contributed by atoms with Gasteiger partial charge in [-0.25, -0.2) is 0 Å². The first-order chi connectivity index (χ1) is 11.7. The van der Waals surface area contributed by atoms with Gasteiger partial charge in [-0.2, -0.15) is 0 Å². The Morgan fingerprint density at radius 3 is 1.92 bits per heavy atom. The standard InChI is InChI=1S/C23H33NO/c1-15(23-12-16-9-17(13-23)11-18(10-16)14-23)24-21(25)19-5-7-20(8-6-19)22(2,3)4/h5-8,15-18H,9-14H2,1-4H3,(H,24,25)/t15-,16?,17?,18?,23?/m1/s1. The van der Waals surface area contributed by atoms with Crippen LogP contribution in [0.1, 0.15) is 82.1 Å². The largest absolute Gasteiger partial charge is 0.349 e. The van der Waals surface area contributed by atoms with E-state index >= 15 is 0 Å². The number of carbonyl (C=O) groups is 1. The second-order valence-electron chi connectivity index (χ2n) is 10.3. The molecule has 4 aliphatic carbocycles. The minimum atomic E-state index is 0.101. The zero-order valence-electron chi connectivity index (χ0n) is 16.3. The van der Waals surface area contributed by atoms with E-state index in [1.807, 2.05) is 12.1 Å². The van der Waals surface area contributed by atoms with Crippen LogP contribution in [0, 0.1) is 23.2 Å². The Morgan fingerprint density at radius 1 is 1.00 bits per heavy atom. The molecule has 4 fully saturated rings. The highest BCUT2D eigenvalue weighted by atomic mass is 16.1. The molecule has 0 unspecified atom stereocenters. The zero-order chi connectivity index (χ0) is 17.8. The second kappa shape index (κ2) is 5.86. The van der Waals surface area contributed by atoms with Crippen molar-refractivity contribution < 1.29 is 4.79 Å². The van der Waals surface area contributed by atoms with Crippen LogP contribution in [0.25, 0.3) is 0 Å². The fourth-order valence-electron chi connectivity index (χ4n) is 6.26. The van der Waals surface area contributed by atoms with Gasteiger partial charge < -0.3 is 5.32 Å². The van der Waals surface area contributed by atoms with Crippen molar-refractivity contribution >= 4 is 5.91 Å². The third kappa shape index (κ3) is 3.13. The minimum Gasteiger partial charge on any atom is -0.349 e. The summed E-state index contributed by atoms with van der Waals surface area (Å²) in [6, 6.07) is 8.47. The Kier molecular flexibility index (Phi) is 4.01. The van der Waals surface area contributed by atoms with E-state index in [2.05, 4.69) is 45.1 Å². The van der Waals surface area contributed by atoms with Crippen LogP contribution in [0.3, 0.4) is 0 Å². The summed E-state index contributed by atoms with van der Waals surface area (Å²) in [7, 11) is 0. The molecule has 0 radical (unpaired) electrons. The molecule has 1 aromatic rings. The molecule has 136 valence electrons. The van der Waals surface area contributed by atoms with E-state index < -0.39 is 0 Å². The number of carbonyl (C=O) groups excluding carboxylic acids is 1. The lowest BCUT2D eigenvalue weighted by atomic mass is 9.48. The number of rotatable bonds is 3. The molecule has 4 aliphatic rings. The van der Waals surface area contributed by atoms with E-state index in [1.165, 1.54) is 44.1 Å². The smallest absolute Gasteiger partial charge is 0.251 e. The Labute approximate surface area is 152 Å². The first-order valence-corrected chi connectivity index (χ1v) is 10.2. The highest BCUT2D eigenvalue weighted by Crippen LogP contribution is 2.61. The van der Waals surface area contributed by atoms with Crippen LogP contribution in [0.2, 0.25) is 0 Å². The summed E-state index contributed by atoms with van der Waals surface area (Å²) in [5, 5.41) is 3.37. The Hall–Kier alpha value is -1.31. The summed E-state index contributed by atoms with van der Waals surface area (Å²) in [4.78, 5) is 12.8. The van der Waals surface area contributed by atoms with Crippen molar-refractivity contribution in [1.82, 2.24) is 5.32 Å². The average molecular weight is 340 g/mol. The van der Waals surface area contributed by atoms with Crippen LogP contribution in [-0.4, -0.2) is 11.9 Å². The molecular formula is C23H33NO. The van der Waals surface area contributed by atoms with E-state index in [0.29, 0.717) is 5.41 Å². The van der Waals surface area contributed by atoms with Crippen LogP contribution in [-0.2, 0) is 5.41 Å². The maximum atomic E-state index is 12.8. The first-order valence-electron chi connectivity index (χ1n) is 10.2. The quantitative estimate of drug-likeness (QED) is 0.793. The topological polar surface area (TPSA) is 29.1 Å². The molecule has 4 saturated carbocycles. The van der Waals surface area contributed by atoms with Crippen molar-refractivity contribution in [1.29, 1.82) is 0 Å². The number of benzene rings is 1. The second-order valence-corrected chi connectivity index (χ2v) is 10.3. The monoisotopic (exact) mass is 339 g/mol. The molecule has 1 aromatic carbocycles. The molecule has 0 aliphatic heterocycles. The third-order valence-corrected chi connectivity index (χ3v) is 7.36. The van der Waals surface area contributed by atoms with Crippen molar-refractivity contribution in [2.45, 2.75) is 77.7 Å². The van der Waals surface area contributed by atoms with Gasteiger partial charge in [-0.15, -0.1) is 0 Å². The van der Waals surface area contributed by atoms with Gasteiger partial charge in [-0.3, -0.25) is 4.79 Å². The molecule has 0 spiro atoms. The van der Waals surface area contributed by atoms with Gasteiger partial charge in [0.15, 0.2) is 0 Å². The van der Waals surface area contributed by atoms with Crippen molar-refractivity contribution in [2.24, 2.45) is 23.2 Å². The van der Waals surface area contributed by atoms with Gasteiger partial charge in [0.25, 0.3) is 5.91 Å². The van der Waals surface area contributed by atoms with Crippen LogP contribution in [0.15, 0.2) is 24.3 Å². The Bertz CT molecular complexity index is 616. The Morgan fingerprint density at radius 2 is 1.48 bits per heavy atom. The fraction of sp³-hybridized carbons (Fsp3) is 0.696. The molecule has 25 heavy (non-hydrogen) atoms. The van der Waals surface area contributed by atoms with Crippen LogP contribution in [0.4, 0.5) is 0 Å². The molecule has 0 aromatic heterocycles. The normalized spacial score (nSPS) is 34.8. The number of nitrogens with one attached hydrogen (secondary N) is 1. The molecule has 4 bridgehead atoms. The maximum Gasteiger partial charge on any atom is 0.251 e. The molecule has 2 nitrogen and oxygen atoms in total. The van der Waals surface area contributed by atoms with E-state index in [9.17, 15) is 4.79 Å². The summed E-state index contributed by atoms with van der Waals surface area (Å²) in [6.45, 7) is 8.88. The lowest BCUT2D eigenvalue weighted by molar-refractivity contribution is -0.0688. The van der Waals surface area contributed by atoms with Gasteiger partial charge in [0.05, 0.1) is 0 Å². The SMILES string of the molecule is C[C@@H](NC(=O)c1ccc(C(C)(C)C)cc1)C12CC3CC(CC(C3)C1)C2. The molecule has 1 N–H and O–H groups in total. The Balaban J connectivity index is 1.46. The molecule has 1 amide bonds. The van der Waals surface area contributed by atoms with Gasteiger partial charge in [0.2, 0.25) is 0 Å². The van der Waals surface area contributed by atoms with Crippen LogP contribution < -0.4 is 5.32 Å². The summed E-state index contributed by atoms with van der Waals surface area (Å²) >= 11 is 0. The lowest BCUT2D eigenvalue weighted by Gasteiger charge is -2.59. The van der Waals surface area contributed by atoms with E-state index in [4.69, 9.17) is 0 Å². The number of hydrogen-bond acceptors (Lipinski definition) is 1. The van der Waals surface area contributed by atoms with Crippen LogP contribution >= 0.6 is 0 Å². The van der Waals surface area contributed by atoms with Gasteiger partial charge in [0, 0.05) is 11.6 Å². The van der Waals surface area contributed by atoms with Crippen molar-refractivity contribution in [2.75, 3.05) is 0 Å². The summed E-state index contributed by atoms with van der Waals surface area (Å²) in [5.41, 5.74) is 2.57. The van der Waals surface area contributed by atoms with Gasteiger partial charge in [-0.1, -0.05) is 32.9 Å². The number of amides is 1. The van der Waals surface area contributed by atoms with Crippen molar-refractivity contribution in [3.8, 4) is 0 Å². The van der Waals surface area contributed by atoms with Crippen molar-refractivity contribution in [3.63, 3.8) is 0 Å². The van der Waals surface area contributed by atoms with Crippen LogP contribution in [0.5, 0.6) is 0 Å². The van der Waals surface area contributed by atoms with E-state index in [1.54, 1.807) is 0 Å². The molecule has 2 heteroatoms. The third-order valence-electron chi connectivity index (χ3n) is 7.36. The van der Waals surface area contributed by atoms with Gasteiger partial charge in [-0.05, 0) is 91.7 Å². The fourth-order valence-corrected chi connectivity index (χ4v) is 6.26. The molecule has 1 atom stereocenters. The maximum absolute atomic E-state index is 12.8. The number of hydrogen-bond donors (Lipinski definition) is 1. The molecule has 5 rings (SSSR count). The zero-order valence-corrected chi connectivity index (χ0v) is 16.3. The highest BCUT2D eigenvalue weighted by Gasteiger charge is 2.53. The van der Waals surface area contributed by atoms with Gasteiger partial charge in [0.1, 0.15) is 0 Å². The first kappa shape index (κ1) is 17.1. The predicted molar refractivity (Wildman–Crippen MR) is 103 cm³/mol. The summed E-state index contributed by atoms with van der Waals surface area (Å²) < 4.78 is 0. The predicted octanol–water partition coefficient (Wildman–Crippen LogP) is 5.32. The van der Waals surface area contributed by atoms with Crippen molar-refractivity contribution in [3.05, 3.63) is 35.4 Å². The minimum absolute atomic E-state index is 0.101. The lowest BCUT2D eigenvalue weighted by Crippen LogP contribution is -2.55. The van der Waals surface area contributed by atoms with E-state index in [0.717, 1.165) is 23.3 Å². The molecule has 0 heterocycles. The van der Waals surface area contributed by atoms with E-state index in [-0.39, 0.29) is 17.4 Å². The molecular weight excluding hydrogens is 306 g/mol. The van der Waals surface area contributed by atoms with Gasteiger partial charge >= 0.3 is 0 Å².